The molecule has 7 nitrogen and oxygen atoms in total. The third-order valence-electron chi connectivity index (χ3n) is 4.54. The van der Waals surface area contributed by atoms with E-state index in [1.54, 1.807) is 6.20 Å². The number of nitrogens with one attached hydrogen (secondary N) is 2. The van der Waals surface area contributed by atoms with Crippen molar-refractivity contribution in [3.63, 3.8) is 0 Å². The number of pyridine rings is 1. The minimum absolute atomic E-state index is 0.0591. The topological polar surface area (TPSA) is 77.6 Å². The van der Waals surface area contributed by atoms with E-state index < -0.39 is 0 Å². The zero-order valence-electron chi connectivity index (χ0n) is 15.8. The SMILES string of the molecule is CCNC(=O)Nc1ccc(N2CCCN(C(=O)c3ccc(Br)cc3)CC2)nc1. The van der Waals surface area contributed by atoms with Crippen LogP contribution in [-0.2, 0) is 0 Å². The molecule has 1 fully saturated rings. The molecule has 0 unspecified atom stereocenters. The van der Waals surface area contributed by atoms with Gasteiger partial charge in [-0.05, 0) is 49.7 Å². The minimum Gasteiger partial charge on any atom is -0.355 e. The number of amides is 3. The second kappa shape index (κ2) is 9.54. The summed E-state index contributed by atoms with van der Waals surface area (Å²) in [5.41, 5.74) is 1.35. The number of anilines is 2. The molecule has 1 aliphatic heterocycles. The number of carbonyl (C=O) groups is 2. The maximum Gasteiger partial charge on any atom is 0.319 e. The summed E-state index contributed by atoms with van der Waals surface area (Å²) in [4.78, 5) is 32.9. The zero-order chi connectivity index (χ0) is 19.9. The lowest BCUT2D eigenvalue weighted by molar-refractivity contribution is 0.0767. The highest BCUT2D eigenvalue weighted by atomic mass is 79.9. The molecule has 1 saturated heterocycles. The fourth-order valence-corrected chi connectivity index (χ4v) is 3.37. The number of benzene rings is 1. The Balaban J connectivity index is 1.59. The average molecular weight is 446 g/mol. The first-order valence-corrected chi connectivity index (χ1v) is 10.2. The Labute approximate surface area is 173 Å². The molecule has 1 aromatic carbocycles. The van der Waals surface area contributed by atoms with Gasteiger partial charge in [0.15, 0.2) is 0 Å². The highest BCUT2D eigenvalue weighted by molar-refractivity contribution is 9.10. The summed E-state index contributed by atoms with van der Waals surface area (Å²) >= 11 is 3.40. The monoisotopic (exact) mass is 445 g/mol. The van der Waals surface area contributed by atoms with Crippen LogP contribution in [-0.4, -0.2) is 54.5 Å². The van der Waals surface area contributed by atoms with Gasteiger partial charge in [0.2, 0.25) is 0 Å². The standard InChI is InChI=1S/C20H24BrN5O2/c1-2-22-20(28)24-17-8-9-18(23-14-17)25-10-3-11-26(13-12-25)19(27)15-4-6-16(21)7-5-15/h4-9,14H,2-3,10-13H2,1H3,(H2,22,24,28). The highest BCUT2D eigenvalue weighted by Gasteiger charge is 2.21. The largest absolute Gasteiger partial charge is 0.355 e. The van der Waals surface area contributed by atoms with Crippen LogP contribution in [0, 0.1) is 0 Å². The average Bonchev–Trinajstić information content (AvgIpc) is 2.95. The Hall–Kier alpha value is -2.61. The second-order valence-corrected chi connectivity index (χ2v) is 7.44. The number of aromatic nitrogens is 1. The van der Waals surface area contributed by atoms with Crippen molar-refractivity contribution in [3.8, 4) is 0 Å². The number of halogens is 1. The zero-order valence-corrected chi connectivity index (χ0v) is 17.4. The Morgan fingerprint density at radius 1 is 1.07 bits per heavy atom. The van der Waals surface area contributed by atoms with Crippen molar-refractivity contribution in [3.05, 3.63) is 52.6 Å². The molecule has 28 heavy (non-hydrogen) atoms. The number of hydrogen-bond acceptors (Lipinski definition) is 4. The smallest absolute Gasteiger partial charge is 0.319 e. The van der Waals surface area contributed by atoms with E-state index in [4.69, 9.17) is 0 Å². The van der Waals surface area contributed by atoms with Crippen molar-refractivity contribution in [2.45, 2.75) is 13.3 Å². The van der Waals surface area contributed by atoms with Crippen LogP contribution in [0.25, 0.3) is 0 Å². The highest BCUT2D eigenvalue weighted by Crippen LogP contribution is 2.18. The first kappa shape index (κ1) is 20.1. The van der Waals surface area contributed by atoms with Crippen molar-refractivity contribution >= 4 is 39.4 Å². The van der Waals surface area contributed by atoms with Crippen LogP contribution in [0.4, 0.5) is 16.3 Å². The van der Waals surface area contributed by atoms with Gasteiger partial charge in [0.1, 0.15) is 5.82 Å². The molecule has 2 aromatic rings. The normalized spacial score (nSPS) is 14.4. The van der Waals surface area contributed by atoms with E-state index in [2.05, 4.69) is 36.4 Å². The molecule has 1 aromatic heterocycles. The van der Waals surface area contributed by atoms with Gasteiger partial charge in [-0.1, -0.05) is 15.9 Å². The van der Waals surface area contributed by atoms with Crippen LogP contribution in [0.3, 0.4) is 0 Å². The van der Waals surface area contributed by atoms with Gasteiger partial charge in [0, 0.05) is 42.8 Å². The Kier molecular flexibility index (Phi) is 6.86. The third-order valence-corrected chi connectivity index (χ3v) is 5.07. The Morgan fingerprint density at radius 2 is 1.86 bits per heavy atom. The summed E-state index contributed by atoms with van der Waals surface area (Å²) in [6, 6.07) is 11.0. The van der Waals surface area contributed by atoms with Crippen LogP contribution in [0.1, 0.15) is 23.7 Å². The Bertz CT molecular complexity index is 810. The van der Waals surface area contributed by atoms with Gasteiger partial charge < -0.3 is 20.4 Å². The lowest BCUT2D eigenvalue weighted by Crippen LogP contribution is -2.35. The number of urea groups is 1. The summed E-state index contributed by atoms with van der Waals surface area (Å²) in [5.74, 6) is 0.906. The van der Waals surface area contributed by atoms with Gasteiger partial charge in [-0.2, -0.15) is 0 Å². The van der Waals surface area contributed by atoms with Crippen molar-refractivity contribution in [1.29, 1.82) is 0 Å². The molecular weight excluding hydrogens is 422 g/mol. The van der Waals surface area contributed by atoms with Crippen molar-refractivity contribution in [2.24, 2.45) is 0 Å². The summed E-state index contributed by atoms with van der Waals surface area (Å²) in [5, 5.41) is 5.43. The molecule has 0 aliphatic carbocycles. The lowest BCUT2D eigenvalue weighted by Gasteiger charge is -2.23. The van der Waals surface area contributed by atoms with Crippen molar-refractivity contribution in [1.82, 2.24) is 15.2 Å². The molecular formula is C20H24BrN5O2. The van der Waals surface area contributed by atoms with Crippen LogP contribution in [0.2, 0.25) is 0 Å². The van der Waals surface area contributed by atoms with E-state index in [0.29, 0.717) is 24.3 Å². The molecule has 8 heteroatoms. The van der Waals surface area contributed by atoms with Gasteiger partial charge in [-0.3, -0.25) is 4.79 Å². The molecule has 2 N–H and O–H groups in total. The van der Waals surface area contributed by atoms with Crippen molar-refractivity contribution in [2.75, 3.05) is 42.9 Å². The number of carbonyl (C=O) groups excluding carboxylic acids is 2. The molecule has 1 aliphatic rings. The molecule has 2 heterocycles. The van der Waals surface area contributed by atoms with E-state index in [1.165, 1.54) is 0 Å². The van der Waals surface area contributed by atoms with Gasteiger partial charge in [0.05, 0.1) is 11.9 Å². The maximum absolute atomic E-state index is 12.7. The molecule has 0 spiro atoms. The predicted octanol–water partition coefficient (Wildman–Crippen LogP) is 3.34. The van der Waals surface area contributed by atoms with E-state index in [0.717, 1.165) is 36.3 Å². The molecule has 0 bridgehead atoms. The molecule has 3 amide bonds. The van der Waals surface area contributed by atoms with Crippen LogP contribution < -0.4 is 15.5 Å². The van der Waals surface area contributed by atoms with E-state index >= 15 is 0 Å². The predicted molar refractivity (Wildman–Crippen MR) is 114 cm³/mol. The minimum atomic E-state index is -0.242. The van der Waals surface area contributed by atoms with E-state index in [1.807, 2.05) is 48.2 Å². The first-order chi connectivity index (χ1) is 13.6. The summed E-state index contributed by atoms with van der Waals surface area (Å²) in [6.45, 7) is 5.36. The molecule has 0 saturated carbocycles. The second-order valence-electron chi connectivity index (χ2n) is 6.53. The van der Waals surface area contributed by atoms with E-state index in [-0.39, 0.29) is 11.9 Å². The van der Waals surface area contributed by atoms with Gasteiger partial charge in [-0.15, -0.1) is 0 Å². The fourth-order valence-electron chi connectivity index (χ4n) is 3.11. The maximum atomic E-state index is 12.7. The van der Waals surface area contributed by atoms with Crippen LogP contribution in [0.15, 0.2) is 47.1 Å². The van der Waals surface area contributed by atoms with Crippen molar-refractivity contribution < 1.29 is 9.59 Å². The lowest BCUT2D eigenvalue weighted by atomic mass is 10.2. The molecule has 0 atom stereocenters. The van der Waals surface area contributed by atoms with E-state index in [9.17, 15) is 9.59 Å². The van der Waals surface area contributed by atoms with Gasteiger partial charge >= 0.3 is 6.03 Å². The fraction of sp³-hybridized carbons (Fsp3) is 0.350. The number of rotatable bonds is 4. The van der Waals surface area contributed by atoms with Crippen LogP contribution >= 0.6 is 15.9 Å². The van der Waals surface area contributed by atoms with Gasteiger partial charge in [0.25, 0.3) is 5.91 Å². The first-order valence-electron chi connectivity index (χ1n) is 9.37. The quantitative estimate of drug-likeness (QED) is 0.756. The number of nitrogens with zero attached hydrogens (tertiary/aromatic N) is 3. The third kappa shape index (κ3) is 5.22. The summed E-state index contributed by atoms with van der Waals surface area (Å²) in [6.07, 6.45) is 2.53. The number of hydrogen-bond donors (Lipinski definition) is 2. The summed E-state index contributed by atoms with van der Waals surface area (Å²) in [7, 11) is 0. The Morgan fingerprint density at radius 3 is 2.54 bits per heavy atom. The molecule has 3 rings (SSSR count). The van der Waals surface area contributed by atoms with Crippen LogP contribution in [0.5, 0.6) is 0 Å². The molecule has 148 valence electrons. The summed E-state index contributed by atoms with van der Waals surface area (Å²) < 4.78 is 0.960. The van der Waals surface area contributed by atoms with Gasteiger partial charge in [-0.25, -0.2) is 9.78 Å². The molecule has 0 radical (unpaired) electrons.